The van der Waals surface area contributed by atoms with E-state index in [1.807, 2.05) is 13.2 Å². The third-order valence-corrected chi connectivity index (χ3v) is 3.85. The van der Waals surface area contributed by atoms with Crippen LogP contribution in [0.3, 0.4) is 0 Å². The van der Waals surface area contributed by atoms with Crippen LogP contribution in [-0.2, 0) is 0 Å². The molecule has 1 rings (SSSR count). The van der Waals surface area contributed by atoms with Gasteiger partial charge in [-0.2, -0.15) is 11.8 Å². The SMILES string of the molecule is CSC(C)(C)CNC(=O)c1cc(C)nc(Cl)c1. The number of aryl methyl sites for hydroxylation is 1. The molecule has 0 radical (unpaired) electrons. The highest BCUT2D eigenvalue weighted by Crippen LogP contribution is 2.19. The molecule has 1 heterocycles. The number of rotatable bonds is 4. The van der Waals surface area contributed by atoms with Crippen LogP contribution >= 0.6 is 23.4 Å². The lowest BCUT2D eigenvalue weighted by molar-refractivity contribution is 0.0950. The number of thioether (sulfide) groups is 1. The molecule has 1 amide bonds. The molecular formula is C12H17ClN2OS. The van der Waals surface area contributed by atoms with Crippen LogP contribution in [0.5, 0.6) is 0 Å². The van der Waals surface area contributed by atoms with Gasteiger partial charge in [0.1, 0.15) is 5.15 Å². The summed E-state index contributed by atoms with van der Waals surface area (Å²) in [6, 6.07) is 3.31. The molecule has 94 valence electrons. The topological polar surface area (TPSA) is 42.0 Å². The summed E-state index contributed by atoms with van der Waals surface area (Å²) in [5, 5.41) is 3.24. The molecule has 0 saturated carbocycles. The van der Waals surface area contributed by atoms with Crippen molar-refractivity contribution < 1.29 is 4.79 Å². The van der Waals surface area contributed by atoms with Crippen LogP contribution in [-0.4, -0.2) is 28.4 Å². The van der Waals surface area contributed by atoms with Gasteiger partial charge in [-0.3, -0.25) is 4.79 Å². The van der Waals surface area contributed by atoms with Crippen molar-refractivity contribution in [3.63, 3.8) is 0 Å². The fraction of sp³-hybridized carbons (Fsp3) is 0.500. The molecule has 0 atom stereocenters. The van der Waals surface area contributed by atoms with E-state index in [0.29, 0.717) is 17.3 Å². The van der Waals surface area contributed by atoms with E-state index in [1.54, 1.807) is 23.9 Å². The lowest BCUT2D eigenvalue weighted by Gasteiger charge is -2.22. The molecule has 17 heavy (non-hydrogen) atoms. The van der Waals surface area contributed by atoms with E-state index in [2.05, 4.69) is 24.1 Å². The van der Waals surface area contributed by atoms with Gasteiger partial charge in [0.15, 0.2) is 0 Å². The summed E-state index contributed by atoms with van der Waals surface area (Å²) in [4.78, 5) is 15.9. The predicted octanol–water partition coefficient (Wildman–Crippen LogP) is 2.91. The van der Waals surface area contributed by atoms with E-state index >= 15 is 0 Å². The summed E-state index contributed by atoms with van der Waals surface area (Å²) in [5.41, 5.74) is 1.30. The van der Waals surface area contributed by atoms with Crippen LogP contribution in [0.1, 0.15) is 29.9 Å². The van der Waals surface area contributed by atoms with Crippen molar-refractivity contribution in [2.45, 2.75) is 25.5 Å². The van der Waals surface area contributed by atoms with E-state index in [4.69, 9.17) is 11.6 Å². The van der Waals surface area contributed by atoms with Crippen LogP contribution in [0.4, 0.5) is 0 Å². The molecule has 0 aliphatic rings. The quantitative estimate of drug-likeness (QED) is 0.857. The number of carbonyl (C=O) groups is 1. The second-order valence-electron chi connectivity index (χ2n) is 4.47. The van der Waals surface area contributed by atoms with Crippen LogP contribution in [0.25, 0.3) is 0 Å². The van der Waals surface area contributed by atoms with Gasteiger partial charge in [-0.25, -0.2) is 4.98 Å². The number of carbonyl (C=O) groups excluding carboxylic acids is 1. The summed E-state index contributed by atoms with van der Waals surface area (Å²) in [6.07, 6.45) is 2.03. The molecule has 0 spiro atoms. The van der Waals surface area contributed by atoms with Gasteiger partial charge in [-0.05, 0) is 39.2 Å². The highest BCUT2D eigenvalue weighted by Gasteiger charge is 2.17. The fourth-order valence-electron chi connectivity index (χ4n) is 1.23. The Labute approximate surface area is 111 Å². The Balaban J connectivity index is 2.70. The van der Waals surface area contributed by atoms with Gasteiger partial charge in [-0.1, -0.05) is 11.6 Å². The Hall–Kier alpha value is -0.740. The molecule has 0 unspecified atom stereocenters. The van der Waals surface area contributed by atoms with Gasteiger partial charge in [0.25, 0.3) is 5.91 Å². The van der Waals surface area contributed by atoms with Crippen LogP contribution in [0, 0.1) is 6.92 Å². The Morgan fingerprint density at radius 2 is 2.18 bits per heavy atom. The van der Waals surface area contributed by atoms with E-state index in [9.17, 15) is 4.79 Å². The number of halogens is 1. The number of nitrogens with zero attached hydrogens (tertiary/aromatic N) is 1. The molecule has 0 saturated heterocycles. The summed E-state index contributed by atoms with van der Waals surface area (Å²) >= 11 is 7.53. The maximum Gasteiger partial charge on any atom is 0.251 e. The van der Waals surface area contributed by atoms with E-state index in [1.165, 1.54) is 0 Å². The first-order valence-electron chi connectivity index (χ1n) is 5.31. The molecule has 0 fully saturated rings. The minimum absolute atomic E-state index is 0.0293. The van der Waals surface area contributed by atoms with Crippen molar-refractivity contribution in [3.05, 3.63) is 28.5 Å². The molecule has 0 aliphatic heterocycles. The minimum Gasteiger partial charge on any atom is -0.351 e. The van der Waals surface area contributed by atoms with Crippen molar-refractivity contribution in [1.29, 1.82) is 0 Å². The highest BCUT2D eigenvalue weighted by atomic mass is 35.5. The summed E-state index contributed by atoms with van der Waals surface area (Å²) < 4.78 is 0.0293. The number of aromatic nitrogens is 1. The minimum atomic E-state index is -0.112. The molecule has 1 aromatic heterocycles. The maximum absolute atomic E-state index is 11.9. The number of pyridine rings is 1. The molecule has 0 bridgehead atoms. The smallest absolute Gasteiger partial charge is 0.251 e. The zero-order valence-electron chi connectivity index (χ0n) is 10.5. The second kappa shape index (κ2) is 5.74. The predicted molar refractivity (Wildman–Crippen MR) is 73.9 cm³/mol. The fourth-order valence-corrected chi connectivity index (χ4v) is 1.69. The van der Waals surface area contributed by atoms with Crippen molar-refractivity contribution in [2.75, 3.05) is 12.8 Å². The van der Waals surface area contributed by atoms with Crippen molar-refractivity contribution >= 4 is 29.3 Å². The lowest BCUT2D eigenvalue weighted by Crippen LogP contribution is -2.36. The normalized spacial score (nSPS) is 11.4. The molecule has 3 nitrogen and oxygen atoms in total. The van der Waals surface area contributed by atoms with Gasteiger partial charge in [0.05, 0.1) is 0 Å². The van der Waals surface area contributed by atoms with E-state index in [0.717, 1.165) is 5.69 Å². The molecular weight excluding hydrogens is 256 g/mol. The van der Waals surface area contributed by atoms with Gasteiger partial charge in [0.2, 0.25) is 0 Å². The van der Waals surface area contributed by atoms with E-state index < -0.39 is 0 Å². The summed E-state index contributed by atoms with van der Waals surface area (Å²) in [6.45, 7) is 6.60. The zero-order valence-corrected chi connectivity index (χ0v) is 12.1. The van der Waals surface area contributed by atoms with E-state index in [-0.39, 0.29) is 10.7 Å². The van der Waals surface area contributed by atoms with Crippen LogP contribution in [0.15, 0.2) is 12.1 Å². The first kappa shape index (κ1) is 14.3. The average Bonchev–Trinajstić information content (AvgIpc) is 2.24. The number of amides is 1. The van der Waals surface area contributed by atoms with Crippen LogP contribution < -0.4 is 5.32 Å². The average molecular weight is 273 g/mol. The maximum atomic E-state index is 11.9. The van der Waals surface area contributed by atoms with Gasteiger partial charge < -0.3 is 5.32 Å². The van der Waals surface area contributed by atoms with Crippen molar-refractivity contribution in [3.8, 4) is 0 Å². The highest BCUT2D eigenvalue weighted by molar-refractivity contribution is 7.99. The summed E-state index contributed by atoms with van der Waals surface area (Å²) in [7, 11) is 0. The third kappa shape index (κ3) is 4.56. The van der Waals surface area contributed by atoms with Gasteiger partial charge in [0, 0.05) is 22.5 Å². The standard InChI is InChI=1S/C12H17ClN2OS/c1-8-5-9(6-10(13)15-8)11(16)14-7-12(2,3)17-4/h5-6H,7H2,1-4H3,(H,14,16). The molecule has 1 aromatic rings. The Morgan fingerprint density at radius 1 is 1.53 bits per heavy atom. The second-order valence-corrected chi connectivity index (χ2v) is 6.37. The summed E-state index contributed by atoms with van der Waals surface area (Å²) in [5.74, 6) is -0.112. The number of nitrogens with one attached hydrogen (secondary N) is 1. The van der Waals surface area contributed by atoms with Crippen LogP contribution in [0.2, 0.25) is 5.15 Å². The Bertz CT molecular complexity index is 401. The number of hydrogen-bond donors (Lipinski definition) is 1. The van der Waals surface area contributed by atoms with Gasteiger partial charge >= 0.3 is 0 Å². The molecule has 0 aliphatic carbocycles. The number of hydrogen-bond acceptors (Lipinski definition) is 3. The van der Waals surface area contributed by atoms with Gasteiger partial charge in [-0.15, -0.1) is 0 Å². The molecule has 5 heteroatoms. The Kier molecular flexibility index (Phi) is 4.83. The lowest BCUT2D eigenvalue weighted by atomic mass is 10.2. The Morgan fingerprint density at radius 3 is 2.71 bits per heavy atom. The first-order valence-corrected chi connectivity index (χ1v) is 6.92. The zero-order chi connectivity index (χ0) is 13.1. The molecule has 1 N–H and O–H groups in total. The first-order chi connectivity index (χ1) is 7.84. The third-order valence-electron chi connectivity index (χ3n) is 2.41. The molecule has 0 aromatic carbocycles. The van der Waals surface area contributed by atoms with Crippen molar-refractivity contribution in [2.24, 2.45) is 0 Å². The van der Waals surface area contributed by atoms with Crippen molar-refractivity contribution in [1.82, 2.24) is 10.3 Å². The monoisotopic (exact) mass is 272 g/mol. The largest absolute Gasteiger partial charge is 0.351 e.